The van der Waals surface area contributed by atoms with Gasteiger partial charge in [0, 0.05) is 22.7 Å². The fraction of sp³-hybridized carbons (Fsp3) is 0.107. The van der Waals surface area contributed by atoms with E-state index in [2.05, 4.69) is 16.0 Å². The predicted molar refractivity (Wildman–Crippen MR) is 138 cm³/mol. The van der Waals surface area contributed by atoms with Crippen molar-refractivity contribution in [2.24, 2.45) is 0 Å². The van der Waals surface area contributed by atoms with E-state index in [4.69, 9.17) is 11.6 Å². The Labute approximate surface area is 208 Å². The van der Waals surface area contributed by atoms with Crippen LogP contribution < -0.4 is 16.0 Å². The van der Waals surface area contributed by atoms with Crippen molar-refractivity contribution in [2.75, 3.05) is 11.9 Å². The largest absolute Gasteiger partial charge is 0.345 e. The third-order valence-electron chi connectivity index (χ3n) is 5.49. The van der Waals surface area contributed by atoms with Crippen molar-refractivity contribution >= 4 is 45.8 Å². The van der Waals surface area contributed by atoms with Gasteiger partial charge in [0.15, 0.2) is 0 Å². The Balaban J connectivity index is 1.49. The van der Waals surface area contributed by atoms with Gasteiger partial charge in [-0.05, 0) is 46.7 Å². The smallest absolute Gasteiger partial charge is 0.252 e. The monoisotopic (exact) mass is 485 g/mol. The lowest BCUT2D eigenvalue weighted by molar-refractivity contribution is -0.125. The number of hydrogen-bond donors (Lipinski definition) is 3. The SMILES string of the molecule is O=C(CNC(=O)[C@@H](Cc1ccc(Cl)cc1)NC(=O)c1cccc2ccccc12)Nc1ccccc1. The molecule has 0 unspecified atom stereocenters. The molecule has 0 radical (unpaired) electrons. The molecule has 1 atom stereocenters. The number of halogens is 1. The van der Waals surface area contributed by atoms with E-state index in [1.165, 1.54) is 0 Å². The predicted octanol–water partition coefficient (Wildman–Crippen LogP) is 4.59. The van der Waals surface area contributed by atoms with Gasteiger partial charge >= 0.3 is 0 Å². The lowest BCUT2D eigenvalue weighted by Crippen LogP contribution is -2.49. The molecule has 0 saturated heterocycles. The molecule has 0 bridgehead atoms. The summed E-state index contributed by atoms with van der Waals surface area (Å²) in [6.45, 7) is -0.227. The van der Waals surface area contributed by atoms with Crippen LogP contribution in [0, 0.1) is 0 Å². The van der Waals surface area contributed by atoms with Gasteiger partial charge in [-0.25, -0.2) is 0 Å². The van der Waals surface area contributed by atoms with Crippen LogP contribution in [0.5, 0.6) is 0 Å². The highest BCUT2D eigenvalue weighted by Gasteiger charge is 2.23. The number of hydrogen-bond acceptors (Lipinski definition) is 3. The minimum atomic E-state index is -0.896. The van der Waals surface area contributed by atoms with Gasteiger partial charge in [0.1, 0.15) is 6.04 Å². The summed E-state index contributed by atoms with van der Waals surface area (Å²) < 4.78 is 0. The van der Waals surface area contributed by atoms with Crippen LogP contribution in [0.25, 0.3) is 10.8 Å². The second-order valence-corrected chi connectivity index (χ2v) is 8.45. The fourth-order valence-electron chi connectivity index (χ4n) is 3.74. The highest BCUT2D eigenvalue weighted by Crippen LogP contribution is 2.19. The van der Waals surface area contributed by atoms with E-state index in [1.54, 1.807) is 60.7 Å². The molecular weight excluding hydrogens is 462 g/mol. The molecule has 0 aliphatic rings. The molecule has 4 aromatic rings. The third-order valence-corrected chi connectivity index (χ3v) is 5.74. The van der Waals surface area contributed by atoms with E-state index in [0.717, 1.165) is 16.3 Å². The number of fused-ring (bicyclic) bond motifs is 1. The molecule has 0 fully saturated rings. The van der Waals surface area contributed by atoms with E-state index in [-0.39, 0.29) is 24.8 Å². The minimum absolute atomic E-state index is 0.227. The van der Waals surface area contributed by atoms with Gasteiger partial charge in [0.25, 0.3) is 5.91 Å². The summed E-state index contributed by atoms with van der Waals surface area (Å²) in [4.78, 5) is 38.6. The van der Waals surface area contributed by atoms with Crippen molar-refractivity contribution in [3.8, 4) is 0 Å². The van der Waals surface area contributed by atoms with Crippen molar-refractivity contribution < 1.29 is 14.4 Å². The Bertz CT molecular complexity index is 1340. The van der Waals surface area contributed by atoms with Crippen molar-refractivity contribution in [3.05, 3.63) is 113 Å². The summed E-state index contributed by atoms with van der Waals surface area (Å²) in [5.74, 6) is -1.20. The number of anilines is 1. The van der Waals surface area contributed by atoms with E-state index in [9.17, 15) is 14.4 Å². The highest BCUT2D eigenvalue weighted by atomic mass is 35.5. The van der Waals surface area contributed by atoms with E-state index < -0.39 is 11.9 Å². The first-order valence-electron chi connectivity index (χ1n) is 11.2. The first-order chi connectivity index (χ1) is 17.0. The van der Waals surface area contributed by atoms with Crippen molar-refractivity contribution in [3.63, 3.8) is 0 Å². The summed E-state index contributed by atoms with van der Waals surface area (Å²) in [7, 11) is 0. The Morgan fingerprint density at radius 1 is 0.771 bits per heavy atom. The molecule has 0 aromatic heterocycles. The van der Waals surface area contributed by atoms with Gasteiger partial charge in [-0.1, -0.05) is 78.3 Å². The van der Waals surface area contributed by atoms with E-state index in [0.29, 0.717) is 16.3 Å². The van der Waals surface area contributed by atoms with Crippen LogP contribution in [0.4, 0.5) is 5.69 Å². The molecule has 0 aliphatic heterocycles. The van der Waals surface area contributed by atoms with Crippen LogP contribution in [0.2, 0.25) is 5.02 Å². The molecule has 0 saturated carbocycles. The zero-order valence-electron chi connectivity index (χ0n) is 18.8. The third kappa shape index (κ3) is 6.46. The molecule has 0 aliphatic carbocycles. The van der Waals surface area contributed by atoms with Gasteiger partial charge in [0.2, 0.25) is 11.8 Å². The number of nitrogens with one attached hydrogen (secondary N) is 3. The van der Waals surface area contributed by atoms with Crippen molar-refractivity contribution in [1.82, 2.24) is 10.6 Å². The summed E-state index contributed by atoms with van der Waals surface area (Å²) >= 11 is 5.99. The van der Waals surface area contributed by atoms with Gasteiger partial charge in [-0.2, -0.15) is 0 Å². The number of para-hydroxylation sites is 1. The molecule has 0 spiro atoms. The number of carbonyl (C=O) groups excluding carboxylic acids is 3. The molecule has 6 nitrogen and oxygen atoms in total. The van der Waals surface area contributed by atoms with Gasteiger partial charge in [-0.15, -0.1) is 0 Å². The Morgan fingerprint density at radius 2 is 1.46 bits per heavy atom. The van der Waals surface area contributed by atoms with Crippen LogP contribution in [-0.2, 0) is 16.0 Å². The molecule has 176 valence electrons. The van der Waals surface area contributed by atoms with Crippen LogP contribution in [0.1, 0.15) is 15.9 Å². The first kappa shape index (κ1) is 24.0. The van der Waals surface area contributed by atoms with Gasteiger partial charge < -0.3 is 16.0 Å². The normalized spacial score (nSPS) is 11.5. The maximum Gasteiger partial charge on any atom is 0.252 e. The maximum atomic E-state index is 13.2. The second-order valence-electron chi connectivity index (χ2n) is 8.02. The summed E-state index contributed by atoms with van der Waals surface area (Å²) in [5.41, 5.74) is 1.93. The quantitative estimate of drug-likeness (QED) is 0.341. The lowest BCUT2D eigenvalue weighted by atomic mass is 10.0. The Morgan fingerprint density at radius 3 is 2.23 bits per heavy atom. The number of rotatable bonds is 8. The van der Waals surface area contributed by atoms with Crippen molar-refractivity contribution in [1.29, 1.82) is 0 Å². The van der Waals surface area contributed by atoms with Crippen LogP contribution in [0.15, 0.2) is 97.1 Å². The average molecular weight is 486 g/mol. The zero-order valence-corrected chi connectivity index (χ0v) is 19.6. The standard InChI is InChI=1S/C28H24ClN3O3/c29-21-15-13-19(14-16-21)17-25(28(35)30-18-26(33)31-22-9-2-1-3-10-22)32-27(34)24-12-6-8-20-7-4-5-11-23(20)24/h1-16,25H,17-18H2,(H,30,35)(H,31,33)(H,32,34)/t25-/m1/s1. The van der Waals surface area contributed by atoms with Gasteiger partial charge in [-0.3, -0.25) is 14.4 Å². The minimum Gasteiger partial charge on any atom is -0.345 e. The Hall–Kier alpha value is -4.16. The summed E-state index contributed by atoms with van der Waals surface area (Å²) in [6.07, 6.45) is 0.236. The van der Waals surface area contributed by atoms with Crippen LogP contribution >= 0.6 is 11.6 Å². The molecule has 7 heteroatoms. The van der Waals surface area contributed by atoms with Crippen LogP contribution in [-0.4, -0.2) is 30.3 Å². The molecule has 0 heterocycles. The van der Waals surface area contributed by atoms with E-state index >= 15 is 0 Å². The topological polar surface area (TPSA) is 87.3 Å². The molecule has 3 amide bonds. The average Bonchev–Trinajstić information content (AvgIpc) is 2.88. The van der Waals surface area contributed by atoms with Crippen molar-refractivity contribution in [2.45, 2.75) is 12.5 Å². The molecule has 4 rings (SSSR count). The van der Waals surface area contributed by atoms with Crippen LogP contribution in [0.3, 0.4) is 0 Å². The fourth-order valence-corrected chi connectivity index (χ4v) is 3.87. The Kier molecular flexibility index (Phi) is 7.75. The molecule has 3 N–H and O–H groups in total. The molecule has 35 heavy (non-hydrogen) atoms. The zero-order chi connectivity index (χ0) is 24.6. The summed E-state index contributed by atoms with van der Waals surface area (Å²) in [5, 5.41) is 10.5. The second kappa shape index (κ2) is 11.3. The number of carbonyl (C=O) groups is 3. The number of amides is 3. The van der Waals surface area contributed by atoms with E-state index in [1.807, 2.05) is 36.4 Å². The van der Waals surface area contributed by atoms with Gasteiger partial charge in [0.05, 0.1) is 6.54 Å². The molecular formula is C28H24ClN3O3. The lowest BCUT2D eigenvalue weighted by Gasteiger charge is -2.19. The molecule has 4 aromatic carbocycles. The highest BCUT2D eigenvalue weighted by molar-refractivity contribution is 6.30. The first-order valence-corrected chi connectivity index (χ1v) is 11.5. The maximum absolute atomic E-state index is 13.2. The number of benzene rings is 4. The summed E-state index contributed by atoms with van der Waals surface area (Å²) in [6, 6.07) is 28.1.